The minimum absolute atomic E-state index is 0.102. The first-order chi connectivity index (χ1) is 12.0. The quantitative estimate of drug-likeness (QED) is 0.643. The number of sulfone groups is 1. The fourth-order valence-electron chi connectivity index (χ4n) is 2.98. The maximum absolute atomic E-state index is 12.4. The number of hydrogen-bond acceptors (Lipinski definition) is 4. The third kappa shape index (κ3) is 3.94. The summed E-state index contributed by atoms with van der Waals surface area (Å²) in [4.78, 5) is 2.42. The van der Waals surface area contributed by atoms with E-state index in [1.54, 1.807) is 24.3 Å². The second kappa shape index (κ2) is 7.42. The number of para-hydroxylation sites is 1. The molecule has 0 aliphatic rings. The van der Waals surface area contributed by atoms with E-state index in [0.29, 0.717) is 18.0 Å². The van der Waals surface area contributed by atoms with E-state index in [1.165, 1.54) is 0 Å². The molecule has 1 aromatic heterocycles. The van der Waals surface area contributed by atoms with Crippen molar-refractivity contribution in [3.8, 4) is 0 Å². The predicted octanol–water partition coefficient (Wildman–Crippen LogP) is 3.90. The van der Waals surface area contributed by atoms with Crippen LogP contribution in [-0.2, 0) is 22.8 Å². The van der Waals surface area contributed by atoms with E-state index in [4.69, 9.17) is 4.42 Å². The van der Waals surface area contributed by atoms with Crippen molar-refractivity contribution in [3.63, 3.8) is 0 Å². The number of hydrogen-bond donors (Lipinski definition) is 0. The molecule has 0 amide bonds. The van der Waals surface area contributed by atoms with Crippen molar-refractivity contribution in [1.29, 1.82) is 0 Å². The van der Waals surface area contributed by atoms with Gasteiger partial charge in [0.25, 0.3) is 0 Å². The third-order valence-electron chi connectivity index (χ3n) is 4.38. The lowest BCUT2D eigenvalue weighted by Gasteiger charge is -2.17. The second-order valence-corrected chi connectivity index (χ2v) is 8.33. The zero-order valence-electron chi connectivity index (χ0n) is 14.6. The van der Waals surface area contributed by atoms with E-state index < -0.39 is 9.84 Å². The molecule has 2 aromatic carbocycles. The predicted molar refractivity (Wildman–Crippen MR) is 100 cm³/mol. The van der Waals surface area contributed by atoms with Crippen molar-refractivity contribution < 1.29 is 12.8 Å². The van der Waals surface area contributed by atoms with Crippen molar-refractivity contribution >= 4 is 20.8 Å². The lowest BCUT2D eigenvalue weighted by Crippen LogP contribution is -2.25. The largest absolute Gasteiger partial charge is 0.461 e. The summed E-state index contributed by atoms with van der Waals surface area (Å²) in [6.45, 7) is 3.21. The summed E-state index contributed by atoms with van der Waals surface area (Å²) in [7, 11) is -1.31. The number of rotatable bonds is 7. The Bertz CT molecular complexity index is 945. The van der Waals surface area contributed by atoms with Crippen LogP contribution in [0.25, 0.3) is 11.0 Å². The highest BCUT2D eigenvalue weighted by Crippen LogP contribution is 2.27. The Hall–Kier alpha value is -2.11. The summed E-state index contributed by atoms with van der Waals surface area (Å²) < 4.78 is 30.8. The summed E-state index contributed by atoms with van der Waals surface area (Å²) in [6, 6.07) is 16.6. The van der Waals surface area contributed by atoms with Crippen molar-refractivity contribution in [2.75, 3.05) is 19.3 Å². The summed E-state index contributed by atoms with van der Waals surface area (Å²) >= 11 is 0. The minimum Gasteiger partial charge on any atom is -0.461 e. The fraction of sp³-hybridized carbons (Fsp3) is 0.300. The fourth-order valence-corrected chi connectivity index (χ4v) is 4.34. The molecule has 0 saturated heterocycles. The number of furan rings is 1. The molecule has 0 fully saturated rings. The van der Waals surface area contributed by atoms with Crippen molar-refractivity contribution in [2.24, 2.45) is 0 Å². The van der Waals surface area contributed by atoms with Crippen LogP contribution < -0.4 is 0 Å². The Balaban J connectivity index is 1.72. The molecule has 132 valence electrons. The Morgan fingerprint density at radius 3 is 2.40 bits per heavy atom. The molecule has 1 heterocycles. The number of fused-ring (bicyclic) bond motifs is 1. The van der Waals surface area contributed by atoms with Gasteiger partial charge in [-0.1, -0.05) is 43.3 Å². The lowest BCUT2D eigenvalue weighted by molar-refractivity contribution is 0.343. The van der Waals surface area contributed by atoms with Crippen LogP contribution in [0.3, 0.4) is 0 Å². The summed E-state index contributed by atoms with van der Waals surface area (Å²) in [6.07, 6.45) is 0.820. The molecular weight excluding hydrogens is 334 g/mol. The van der Waals surface area contributed by atoms with Crippen LogP contribution >= 0.6 is 0 Å². The van der Waals surface area contributed by atoms with E-state index in [0.717, 1.165) is 28.7 Å². The number of aryl methyl sites for hydroxylation is 1. The van der Waals surface area contributed by atoms with E-state index in [2.05, 4.69) is 13.0 Å². The normalized spacial score (nSPS) is 12.1. The molecular formula is C20H23NO3S. The highest BCUT2D eigenvalue weighted by atomic mass is 32.2. The van der Waals surface area contributed by atoms with E-state index in [9.17, 15) is 8.42 Å². The minimum atomic E-state index is -3.26. The van der Waals surface area contributed by atoms with Crippen LogP contribution in [0, 0.1) is 0 Å². The van der Waals surface area contributed by atoms with E-state index >= 15 is 0 Å². The maximum Gasteiger partial charge on any atom is 0.179 e. The lowest BCUT2D eigenvalue weighted by atomic mass is 10.1. The molecule has 0 aliphatic heterocycles. The van der Waals surface area contributed by atoms with Gasteiger partial charge in [-0.3, -0.25) is 0 Å². The number of nitrogens with zero attached hydrogens (tertiary/aromatic N) is 1. The van der Waals surface area contributed by atoms with E-state index in [1.807, 2.05) is 36.2 Å². The molecule has 0 radical (unpaired) electrons. The van der Waals surface area contributed by atoms with Crippen LogP contribution in [0.2, 0.25) is 0 Å². The van der Waals surface area contributed by atoms with Gasteiger partial charge in [0.2, 0.25) is 0 Å². The van der Waals surface area contributed by atoms with Crippen LogP contribution in [-0.4, -0.2) is 32.7 Å². The summed E-state index contributed by atoms with van der Waals surface area (Å²) in [5, 5.41) is 1.11. The van der Waals surface area contributed by atoms with Gasteiger partial charge in [-0.05, 0) is 25.2 Å². The molecule has 0 saturated carbocycles. The maximum atomic E-state index is 12.4. The van der Waals surface area contributed by atoms with Gasteiger partial charge < -0.3 is 9.32 Å². The first kappa shape index (κ1) is 17.7. The van der Waals surface area contributed by atoms with Gasteiger partial charge in [0.05, 0.1) is 10.6 Å². The molecule has 3 aromatic rings. The summed E-state index contributed by atoms with van der Waals surface area (Å²) in [5.74, 6) is 1.07. The third-order valence-corrected chi connectivity index (χ3v) is 6.09. The molecule has 3 rings (SSSR count). The van der Waals surface area contributed by atoms with Gasteiger partial charge in [-0.25, -0.2) is 8.42 Å². The molecule has 0 unspecified atom stereocenters. The molecule has 5 heteroatoms. The zero-order chi connectivity index (χ0) is 17.9. The van der Waals surface area contributed by atoms with Gasteiger partial charge in [-0.2, -0.15) is 0 Å². The standard InChI is InChI=1S/C20H23NO3S/c1-3-19-18(17-11-7-8-12-20(17)24-19)15-21(2)13-14-25(22,23)16-9-5-4-6-10-16/h4-12H,3,13-15H2,1-2H3. The molecule has 0 bridgehead atoms. The smallest absolute Gasteiger partial charge is 0.179 e. The van der Waals surface area contributed by atoms with Crippen LogP contribution in [0.1, 0.15) is 18.2 Å². The van der Waals surface area contributed by atoms with Crippen LogP contribution in [0.4, 0.5) is 0 Å². The Kier molecular flexibility index (Phi) is 5.25. The molecule has 0 N–H and O–H groups in total. The first-order valence-corrected chi connectivity index (χ1v) is 10.1. The SMILES string of the molecule is CCc1oc2ccccc2c1CN(C)CCS(=O)(=O)c1ccccc1. The average Bonchev–Trinajstić information content (AvgIpc) is 2.99. The van der Waals surface area contributed by atoms with Crippen molar-refractivity contribution in [2.45, 2.75) is 24.8 Å². The van der Waals surface area contributed by atoms with Gasteiger partial charge in [0, 0.05) is 30.5 Å². The average molecular weight is 357 g/mol. The van der Waals surface area contributed by atoms with Crippen LogP contribution in [0.5, 0.6) is 0 Å². The van der Waals surface area contributed by atoms with Gasteiger partial charge in [-0.15, -0.1) is 0 Å². The highest BCUT2D eigenvalue weighted by molar-refractivity contribution is 7.91. The van der Waals surface area contributed by atoms with Gasteiger partial charge in [0.1, 0.15) is 11.3 Å². The Labute approximate surface area is 149 Å². The van der Waals surface area contributed by atoms with Gasteiger partial charge in [0.15, 0.2) is 9.84 Å². The van der Waals surface area contributed by atoms with Crippen molar-refractivity contribution in [3.05, 3.63) is 65.9 Å². The Morgan fingerprint density at radius 2 is 1.68 bits per heavy atom. The van der Waals surface area contributed by atoms with E-state index in [-0.39, 0.29) is 5.75 Å². The Morgan fingerprint density at radius 1 is 1.00 bits per heavy atom. The molecule has 25 heavy (non-hydrogen) atoms. The monoisotopic (exact) mass is 357 g/mol. The highest BCUT2D eigenvalue weighted by Gasteiger charge is 2.17. The number of benzene rings is 2. The zero-order valence-corrected chi connectivity index (χ0v) is 15.4. The second-order valence-electron chi connectivity index (χ2n) is 6.22. The van der Waals surface area contributed by atoms with Gasteiger partial charge >= 0.3 is 0 Å². The van der Waals surface area contributed by atoms with Crippen LogP contribution in [0.15, 0.2) is 63.9 Å². The molecule has 4 nitrogen and oxygen atoms in total. The van der Waals surface area contributed by atoms with Crippen molar-refractivity contribution in [1.82, 2.24) is 4.90 Å². The summed E-state index contributed by atoms with van der Waals surface area (Å²) in [5.41, 5.74) is 2.04. The molecule has 0 spiro atoms. The first-order valence-electron chi connectivity index (χ1n) is 8.47. The molecule has 0 aliphatic carbocycles. The topological polar surface area (TPSA) is 50.5 Å². The molecule has 0 atom stereocenters.